The van der Waals surface area contributed by atoms with E-state index in [0.29, 0.717) is 19.0 Å². The van der Waals surface area contributed by atoms with Gasteiger partial charge in [-0.15, -0.1) is 12.4 Å². The molecule has 2 aliphatic heterocycles. The van der Waals surface area contributed by atoms with Crippen molar-refractivity contribution >= 4 is 18.3 Å². The molecular weight excluding hydrogens is 491 g/mol. The van der Waals surface area contributed by atoms with Gasteiger partial charge in [0.1, 0.15) is 0 Å². The summed E-state index contributed by atoms with van der Waals surface area (Å²) in [7, 11) is 0. The fourth-order valence-electron chi connectivity index (χ4n) is 4.65. The molecule has 1 amide bonds. The summed E-state index contributed by atoms with van der Waals surface area (Å²) >= 11 is 0. The predicted molar refractivity (Wildman–Crippen MR) is 127 cm³/mol. The van der Waals surface area contributed by atoms with E-state index < -0.39 is 47.0 Å². The van der Waals surface area contributed by atoms with Crippen LogP contribution in [-0.4, -0.2) is 63.2 Å². The van der Waals surface area contributed by atoms with Gasteiger partial charge in [-0.2, -0.15) is 0 Å². The number of halogens is 6. The molecule has 3 N–H and O–H groups in total. The number of amides is 1. The zero-order valence-corrected chi connectivity index (χ0v) is 20.7. The molecule has 5 nitrogen and oxygen atoms in total. The molecule has 3 rings (SSSR count). The van der Waals surface area contributed by atoms with E-state index in [2.05, 4.69) is 16.0 Å². The molecule has 2 heterocycles. The van der Waals surface area contributed by atoms with Gasteiger partial charge in [0.05, 0.1) is 6.42 Å². The van der Waals surface area contributed by atoms with E-state index in [4.69, 9.17) is 0 Å². The lowest BCUT2D eigenvalue weighted by atomic mass is 9.96. The summed E-state index contributed by atoms with van der Waals surface area (Å²) in [6.07, 6.45) is 5.30. The molecule has 0 spiro atoms. The molecule has 2 saturated heterocycles. The number of hydrogen-bond donors (Lipinski definition) is 3. The molecule has 0 radical (unpaired) electrons. The van der Waals surface area contributed by atoms with Crippen molar-refractivity contribution in [3.05, 3.63) is 34.6 Å². The van der Waals surface area contributed by atoms with Crippen LogP contribution in [-0.2, 0) is 11.2 Å². The van der Waals surface area contributed by atoms with Crippen LogP contribution in [0.15, 0.2) is 0 Å². The smallest absolute Gasteiger partial charge is 0.227 e. The number of piperidine rings is 2. The quantitative estimate of drug-likeness (QED) is 0.179. The van der Waals surface area contributed by atoms with Gasteiger partial charge in [-0.25, -0.2) is 22.0 Å². The fraction of sp³-hybridized carbons (Fsp3) is 0.708. The highest BCUT2D eigenvalue weighted by atomic mass is 35.5. The minimum Gasteiger partial charge on any atom is -0.342 e. The number of carbonyl (C=O) groups is 1. The highest BCUT2D eigenvalue weighted by molar-refractivity contribution is 5.85. The Morgan fingerprint density at radius 1 is 0.771 bits per heavy atom. The molecule has 0 atom stereocenters. The molecule has 35 heavy (non-hydrogen) atoms. The summed E-state index contributed by atoms with van der Waals surface area (Å²) in [5.41, 5.74) is -1.07. The van der Waals surface area contributed by atoms with Crippen LogP contribution in [0.4, 0.5) is 22.0 Å². The average molecular weight is 527 g/mol. The SMILES string of the molecule is Cl.O=C(Cc1c(F)c(F)c(F)c(F)c1F)N1CCC(CNCCCCNCC2CCNCC2)CC1. The number of benzene rings is 1. The summed E-state index contributed by atoms with van der Waals surface area (Å²) in [5.74, 6) is -9.60. The van der Waals surface area contributed by atoms with Crippen molar-refractivity contribution in [3.8, 4) is 0 Å². The van der Waals surface area contributed by atoms with E-state index in [1.165, 1.54) is 17.7 Å². The lowest BCUT2D eigenvalue weighted by Crippen LogP contribution is -2.41. The van der Waals surface area contributed by atoms with Crippen molar-refractivity contribution in [1.82, 2.24) is 20.9 Å². The standard InChI is InChI=1S/C24H35F5N4O.ClH/c25-20-18(21(26)23(28)24(29)22(20)27)13-19(34)33-11-5-17(6-12-33)15-32-8-2-1-7-31-14-16-3-9-30-10-4-16;/h16-17,30-32H,1-15H2;1H. The largest absolute Gasteiger partial charge is 0.342 e. The molecule has 2 fully saturated rings. The van der Waals surface area contributed by atoms with Crippen molar-refractivity contribution in [2.24, 2.45) is 11.8 Å². The van der Waals surface area contributed by atoms with Crippen molar-refractivity contribution in [1.29, 1.82) is 0 Å². The van der Waals surface area contributed by atoms with Crippen LogP contribution in [0.1, 0.15) is 44.1 Å². The molecule has 0 aliphatic carbocycles. The van der Waals surface area contributed by atoms with Crippen LogP contribution in [0.3, 0.4) is 0 Å². The first-order chi connectivity index (χ1) is 16.4. The van der Waals surface area contributed by atoms with Crippen LogP contribution in [0.25, 0.3) is 0 Å². The van der Waals surface area contributed by atoms with Crippen molar-refractivity contribution < 1.29 is 26.7 Å². The third kappa shape index (κ3) is 8.55. The van der Waals surface area contributed by atoms with Crippen molar-refractivity contribution in [2.45, 2.75) is 44.9 Å². The van der Waals surface area contributed by atoms with Gasteiger partial charge in [0, 0.05) is 18.7 Å². The van der Waals surface area contributed by atoms with Crippen molar-refractivity contribution in [2.75, 3.05) is 52.4 Å². The van der Waals surface area contributed by atoms with E-state index in [0.717, 1.165) is 70.9 Å². The van der Waals surface area contributed by atoms with Crippen LogP contribution < -0.4 is 16.0 Å². The predicted octanol–water partition coefficient (Wildman–Crippen LogP) is 3.54. The molecule has 0 saturated carbocycles. The number of carbonyl (C=O) groups excluding carboxylic acids is 1. The van der Waals surface area contributed by atoms with Gasteiger partial charge < -0.3 is 20.9 Å². The lowest BCUT2D eigenvalue weighted by Gasteiger charge is -2.32. The normalized spacial score (nSPS) is 17.5. The number of hydrogen-bond acceptors (Lipinski definition) is 4. The Hall–Kier alpha value is -1.49. The topological polar surface area (TPSA) is 56.4 Å². The maximum Gasteiger partial charge on any atom is 0.227 e. The second-order valence-electron chi connectivity index (χ2n) is 9.36. The Morgan fingerprint density at radius 2 is 1.23 bits per heavy atom. The minimum absolute atomic E-state index is 0. The second-order valence-corrected chi connectivity index (χ2v) is 9.36. The molecular formula is C24H36ClF5N4O. The Labute approximate surface area is 210 Å². The third-order valence-corrected chi connectivity index (χ3v) is 6.88. The summed E-state index contributed by atoms with van der Waals surface area (Å²) in [6, 6.07) is 0. The second kappa shape index (κ2) is 14.9. The Kier molecular flexibility index (Phi) is 12.7. The maximum absolute atomic E-state index is 13.8. The van der Waals surface area contributed by atoms with Gasteiger partial charge in [0.2, 0.25) is 11.7 Å². The Balaban J connectivity index is 0.00000432. The molecule has 200 valence electrons. The zero-order chi connectivity index (χ0) is 24.5. The molecule has 0 unspecified atom stereocenters. The van der Waals surface area contributed by atoms with E-state index in [1.807, 2.05) is 0 Å². The van der Waals surface area contributed by atoms with Gasteiger partial charge in [-0.1, -0.05) is 0 Å². The summed E-state index contributed by atoms with van der Waals surface area (Å²) in [5, 5.41) is 10.4. The van der Waals surface area contributed by atoms with E-state index in [-0.39, 0.29) is 12.4 Å². The molecule has 1 aromatic rings. The van der Waals surface area contributed by atoms with Crippen LogP contribution in [0.2, 0.25) is 0 Å². The molecule has 2 aliphatic rings. The summed E-state index contributed by atoms with van der Waals surface area (Å²) in [4.78, 5) is 13.8. The maximum atomic E-state index is 13.8. The van der Waals surface area contributed by atoms with Crippen LogP contribution in [0, 0.1) is 40.9 Å². The summed E-state index contributed by atoms with van der Waals surface area (Å²) in [6.45, 7) is 6.92. The number of nitrogens with zero attached hydrogens (tertiary/aromatic N) is 1. The van der Waals surface area contributed by atoms with E-state index in [9.17, 15) is 26.7 Å². The highest BCUT2D eigenvalue weighted by Crippen LogP contribution is 2.25. The number of rotatable bonds is 11. The number of likely N-dealkylation sites (tertiary alicyclic amines) is 1. The fourth-order valence-corrected chi connectivity index (χ4v) is 4.65. The first-order valence-corrected chi connectivity index (χ1v) is 12.3. The van der Waals surface area contributed by atoms with Gasteiger partial charge in [-0.3, -0.25) is 4.79 Å². The van der Waals surface area contributed by atoms with Gasteiger partial charge in [0.25, 0.3) is 0 Å². The molecule has 1 aromatic carbocycles. The summed E-state index contributed by atoms with van der Waals surface area (Å²) < 4.78 is 67.6. The van der Waals surface area contributed by atoms with Crippen LogP contribution in [0.5, 0.6) is 0 Å². The number of nitrogens with one attached hydrogen (secondary N) is 3. The Bertz CT molecular complexity index is 789. The third-order valence-electron chi connectivity index (χ3n) is 6.88. The number of unbranched alkanes of at least 4 members (excludes halogenated alkanes) is 1. The van der Waals surface area contributed by atoms with Gasteiger partial charge in [-0.05, 0) is 89.6 Å². The van der Waals surface area contributed by atoms with E-state index >= 15 is 0 Å². The van der Waals surface area contributed by atoms with Crippen molar-refractivity contribution in [3.63, 3.8) is 0 Å². The minimum atomic E-state index is -2.21. The van der Waals surface area contributed by atoms with Gasteiger partial charge >= 0.3 is 0 Å². The molecule has 0 aromatic heterocycles. The zero-order valence-electron chi connectivity index (χ0n) is 19.9. The first kappa shape index (κ1) is 29.7. The highest BCUT2D eigenvalue weighted by Gasteiger charge is 2.29. The van der Waals surface area contributed by atoms with Crippen LogP contribution >= 0.6 is 12.4 Å². The monoisotopic (exact) mass is 526 g/mol. The average Bonchev–Trinajstić information content (AvgIpc) is 2.86. The van der Waals surface area contributed by atoms with E-state index in [1.54, 1.807) is 0 Å². The molecule has 0 bridgehead atoms. The lowest BCUT2D eigenvalue weighted by molar-refractivity contribution is -0.131. The van der Waals surface area contributed by atoms with Gasteiger partial charge in [0.15, 0.2) is 23.3 Å². The molecule has 11 heteroatoms. The first-order valence-electron chi connectivity index (χ1n) is 12.3. The Morgan fingerprint density at radius 3 is 1.74 bits per heavy atom.